The van der Waals surface area contributed by atoms with Crippen molar-refractivity contribution in [2.45, 2.75) is 33.2 Å². The number of rotatable bonds is 4. The highest BCUT2D eigenvalue weighted by Gasteiger charge is 2.07. The van der Waals surface area contributed by atoms with E-state index in [1.807, 2.05) is 25.1 Å². The molecule has 2 nitrogen and oxygen atoms in total. The number of nitrogens with two attached hydrogens (primary N) is 1. The summed E-state index contributed by atoms with van der Waals surface area (Å²) < 4.78 is 6.02. The molecule has 2 aromatic carbocycles. The van der Waals surface area contributed by atoms with Crippen molar-refractivity contribution < 1.29 is 4.74 Å². The zero-order valence-corrected chi connectivity index (χ0v) is 11.8. The van der Waals surface area contributed by atoms with E-state index in [2.05, 4.69) is 38.1 Å². The summed E-state index contributed by atoms with van der Waals surface area (Å²) in [7, 11) is 0. The highest BCUT2D eigenvalue weighted by Crippen LogP contribution is 2.27. The quantitative estimate of drug-likeness (QED) is 0.896. The molecule has 0 aliphatic carbocycles. The van der Waals surface area contributed by atoms with Crippen molar-refractivity contribution in [1.82, 2.24) is 0 Å². The summed E-state index contributed by atoms with van der Waals surface area (Å²) in [4.78, 5) is 0. The molecular weight excluding hydrogens is 234 g/mol. The van der Waals surface area contributed by atoms with Gasteiger partial charge < -0.3 is 10.5 Å². The Morgan fingerprint density at radius 1 is 1.05 bits per heavy atom. The second-order valence-electron chi connectivity index (χ2n) is 5.21. The third-order valence-electron chi connectivity index (χ3n) is 2.94. The fourth-order valence-electron chi connectivity index (χ4n) is 2.24. The largest absolute Gasteiger partial charge is 0.457 e. The van der Waals surface area contributed by atoms with E-state index < -0.39 is 0 Å². The molecule has 0 aliphatic heterocycles. The highest BCUT2D eigenvalue weighted by atomic mass is 16.5. The Bertz CT molecular complexity index is 541. The van der Waals surface area contributed by atoms with Gasteiger partial charge in [0.05, 0.1) is 0 Å². The smallest absolute Gasteiger partial charge is 0.130 e. The first-order chi connectivity index (χ1) is 9.04. The van der Waals surface area contributed by atoms with Gasteiger partial charge in [-0.25, -0.2) is 0 Å². The minimum absolute atomic E-state index is 0.129. The van der Waals surface area contributed by atoms with E-state index in [0.717, 1.165) is 23.5 Å². The first-order valence-electron chi connectivity index (χ1n) is 6.64. The van der Waals surface area contributed by atoms with E-state index in [9.17, 15) is 0 Å². The van der Waals surface area contributed by atoms with Crippen LogP contribution in [0.3, 0.4) is 0 Å². The van der Waals surface area contributed by atoms with Gasteiger partial charge in [0.1, 0.15) is 11.5 Å². The Balaban J connectivity index is 2.27. The molecule has 2 rings (SSSR count). The van der Waals surface area contributed by atoms with Crippen molar-refractivity contribution in [3.63, 3.8) is 0 Å². The van der Waals surface area contributed by atoms with Crippen molar-refractivity contribution in [2.75, 3.05) is 0 Å². The van der Waals surface area contributed by atoms with E-state index in [0.29, 0.717) is 0 Å². The van der Waals surface area contributed by atoms with Gasteiger partial charge in [-0.3, -0.25) is 0 Å². The lowest BCUT2D eigenvalue weighted by Crippen LogP contribution is -2.18. The molecule has 1 unspecified atom stereocenters. The van der Waals surface area contributed by atoms with Gasteiger partial charge >= 0.3 is 0 Å². The standard InChI is InChI=1S/C17H21NO/c1-12-8-13(2)10-16(9-12)19-17-7-5-4-6-15(17)11-14(3)18/h4-10,14H,11,18H2,1-3H3. The molecule has 0 aliphatic rings. The van der Waals surface area contributed by atoms with Gasteiger partial charge in [0.2, 0.25) is 0 Å². The number of para-hydroxylation sites is 1. The molecular formula is C17H21NO. The van der Waals surface area contributed by atoms with Crippen LogP contribution in [0.25, 0.3) is 0 Å². The van der Waals surface area contributed by atoms with Crippen LogP contribution in [0.5, 0.6) is 11.5 Å². The lowest BCUT2D eigenvalue weighted by molar-refractivity contribution is 0.473. The van der Waals surface area contributed by atoms with E-state index >= 15 is 0 Å². The maximum absolute atomic E-state index is 6.02. The van der Waals surface area contributed by atoms with Crippen molar-refractivity contribution in [2.24, 2.45) is 5.73 Å². The molecule has 0 saturated carbocycles. The Labute approximate surface area is 115 Å². The van der Waals surface area contributed by atoms with Gasteiger partial charge in [-0.15, -0.1) is 0 Å². The molecule has 2 aromatic rings. The summed E-state index contributed by atoms with van der Waals surface area (Å²) in [5, 5.41) is 0. The summed E-state index contributed by atoms with van der Waals surface area (Å²) in [6.45, 7) is 6.16. The van der Waals surface area contributed by atoms with E-state index in [4.69, 9.17) is 10.5 Å². The van der Waals surface area contributed by atoms with Crippen LogP contribution >= 0.6 is 0 Å². The highest BCUT2D eigenvalue weighted by molar-refractivity contribution is 5.40. The molecule has 2 heteroatoms. The Kier molecular flexibility index (Phi) is 4.23. The van der Waals surface area contributed by atoms with Crippen LogP contribution < -0.4 is 10.5 Å². The Morgan fingerprint density at radius 2 is 1.68 bits per heavy atom. The van der Waals surface area contributed by atoms with Crippen LogP contribution in [-0.4, -0.2) is 6.04 Å². The summed E-state index contributed by atoms with van der Waals surface area (Å²) >= 11 is 0. The lowest BCUT2D eigenvalue weighted by Gasteiger charge is -2.13. The molecule has 0 radical (unpaired) electrons. The zero-order valence-electron chi connectivity index (χ0n) is 11.8. The molecule has 0 amide bonds. The molecule has 0 spiro atoms. The minimum Gasteiger partial charge on any atom is -0.457 e. The fraction of sp³-hybridized carbons (Fsp3) is 0.294. The SMILES string of the molecule is Cc1cc(C)cc(Oc2ccccc2CC(C)N)c1. The van der Waals surface area contributed by atoms with Crippen molar-refractivity contribution in [3.8, 4) is 11.5 Å². The van der Waals surface area contributed by atoms with Crippen LogP contribution in [0.4, 0.5) is 0 Å². The van der Waals surface area contributed by atoms with Gasteiger partial charge in [0.25, 0.3) is 0 Å². The number of hydrogen-bond donors (Lipinski definition) is 1. The number of benzene rings is 2. The fourth-order valence-corrected chi connectivity index (χ4v) is 2.24. The maximum Gasteiger partial charge on any atom is 0.130 e. The molecule has 0 saturated heterocycles. The average molecular weight is 255 g/mol. The third kappa shape index (κ3) is 3.83. The second-order valence-corrected chi connectivity index (χ2v) is 5.21. The molecule has 0 aromatic heterocycles. The summed E-state index contributed by atoms with van der Waals surface area (Å²) in [6, 6.07) is 14.4. The van der Waals surface area contributed by atoms with Crippen LogP contribution in [-0.2, 0) is 6.42 Å². The summed E-state index contributed by atoms with van der Waals surface area (Å²) in [6.07, 6.45) is 0.820. The predicted molar refractivity (Wildman–Crippen MR) is 79.8 cm³/mol. The third-order valence-corrected chi connectivity index (χ3v) is 2.94. The van der Waals surface area contributed by atoms with Crippen molar-refractivity contribution >= 4 is 0 Å². The molecule has 0 heterocycles. The Hall–Kier alpha value is -1.80. The number of aryl methyl sites for hydroxylation is 2. The molecule has 0 bridgehead atoms. The molecule has 0 fully saturated rings. The minimum atomic E-state index is 0.129. The first kappa shape index (κ1) is 13.6. The van der Waals surface area contributed by atoms with Gasteiger partial charge in [0, 0.05) is 6.04 Å². The maximum atomic E-state index is 6.02. The van der Waals surface area contributed by atoms with Crippen molar-refractivity contribution in [3.05, 3.63) is 59.2 Å². The Morgan fingerprint density at radius 3 is 2.32 bits per heavy atom. The molecule has 2 N–H and O–H groups in total. The van der Waals surface area contributed by atoms with Crippen molar-refractivity contribution in [1.29, 1.82) is 0 Å². The molecule has 1 atom stereocenters. The first-order valence-corrected chi connectivity index (χ1v) is 6.64. The number of ether oxygens (including phenoxy) is 1. The summed E-state index contributed by atoms with van der Waals surface area (Å²) in [5.41, 5.74) is 9.45. The van der Waals surface area contributed by atoms with Gasteiger partial charge in [-0.2, -0.15) is 0 Å². The van der Waals surface area contributed by atoms with Gasteiger partial charge in [-0.1, -0.05) is 24.3 Å². The lowest BCUT2D eigenvalue weighted by atomic mass is 10.1. The number of hydrogen-bond acceptors (Lipinski definition) is 2. The van der Waals surface area contributed by atoms with Crippen LogP contribution in [0.1, 0.15) is 23.6 Å². The van der Waals surface area contributed by atoms with E-state index in [-0.39, 0.29) is 6.04 Å². The van der Waals surface area contributed by atoms with E-state index in [1.54, 1.807) is 0 Å². The van der Waals surface area contributed by atoms with Gasteiger partial charge in [0.15, 0.2) is 0 Å². The molecule has 100 valence electrons. The van der Waals surface area contributed by atoms with Crippen LogP contribution in [0.2, 0.25) is 0 Å². The summed E-state index contributed by atoms with van der Waals surface area (Å²) in [5.74, 6) is 1.78. The zero-order chi connectivity index (χ0) is 13.8. The van der Waals surface area contributed by atoms with Crippen LogP contribution in [0, 0.1) is 13.8 Å². The topological polar surface area (TPSA) is 35.2 Å². The molecule has 19 heavy (non-hydrogen) atoms. The average Bonchev–Trinajstić information content (AvgIpc) is 2.29. The van der Waals surface area contributed by atoms with Crippen LogP contribution in [0.15, 0.2) is 42.5 Å². The normalized spacial score (nSPS) is 12.2. The monoisotopic (exact) mass is 255 g/mol. The van der Waals surface area contributed by atoms with E-state index in [1.165, 1.54) is 11.1 Å². The second kappa shape index (κ2) is 5.89. The van der Waals surface area contributed by atoms with Gasteiger partial charge in [-0.05, 0) is 62.1 Å². The predicted octanol–water partition coefficient (Wildman–Crippen LogP) is 3.99.